The van der Waals surface area contributed by atoms with Crippen molar-refractivity contribution in [3.63, 3.8) is 0 Å². The van der Waals surface area contributed by atoms with E-state index in [-0.39, 0.29) is 11.6 Å². The van der Waals surface area contributed by atoms with Gasteiger partial charge in [-0.3, -0.25) is 0 Å². The summed E-state index contributed by atoms with van der Waals surface area (Å²) < 4.78 is 11.4. The minimum atomic E-state index is 0.0990. The van der Waals surface area contributed by atoms with Gasteiger partial charge in [-0.25, -0.2) is 0 Å². The van der Waals surface area contributed by atoms with Crippen LogP contribution in [0.3, 0.4) is 0 Å². The molecule has 0 bridgehead atoms. The zero-order chi connectivity index (χ0) is 15.2. The van der Waals surface area contributed by atoms with E-state index in [0.29, 0.717) is 13.2 Å². The van der Waals surface area contributed by atoms with Crippen LogP contribution < -0.4 is 10.1 Å². The van der Waals surface area contributed by atoms with Crippen LogP contribution in [0.5, 0.6) is 5.75 Å². The molecule has 1 aromatic rings. The summed E-state index contributed by atoms with van der Waals surface area (Å²) >= 11 is 0. The van der Waals surface area contributed by atoms with Crippen molar-refractivity contribution < 1.29 is 9.47 Å². The summed E-state index contributed by atoms with van der Waals surface area (Å²) in [6, 6.07) is 6.27. The van der Waals surface area contributed by atoms with Crippen LogP contribution in [0.25, 0.3) is 0 Å². The molecule has 1 aromatic carbocycles. The maximum Gasteiger partial charge on any atom is 0.126 e. The van der Waals surface area contributed by atoms with Gasteiger partial charge in [0.25, 0.3) is 0 Å². The van der Waals surface area contributed by atoms with Crippen molar-refractivity contribution in [2.75, 3.05) is 13.2 Å². The predicted molar refractivity (Wildman–Crippen MR) is 84.4 cm³/mol. The molecule has 0 aliphatic carbocycles. The first-order valence-corrected chi connectivity index (χ1v) is 7.37. The number of hydrogen-bond donors (Lipinski definition) is 1. The Labute approximate surface area is 123 Å². The molecule has 0 saturated heterocycles. The highest BCUT2D eigenvalue weighted by Gasteiger charge is 2.12. The van der Waals surface area contributed by atoms with E-state index in [2.05, 4.69) is 51.2 Å². The van der Waals surface area contributed by atoms with Crippen LogP contribution in [0.1, 0.15) is 45.7 Å². The summed E-state index contributed by atoms with van der Waals surface area (Å²) in [6.07, 6.45) is 0.248. The van der Waals surface area contributed by atoms with Crippen molar-refractivity contribution in [2.24, 2.45) is 0 Å². The molecule has 0 aliphatic rings. The van der Waals surface area contributed by atoms with Gasteiger partial charge in [-0.05, 0) is 47.1 Å². The van der Waals surface area contributed by atoms with Crippen molar-refractivity contribution in [1.82, 2.24) is 5.32 Å². The van der Waals surface area contributed by atoms with Crippen LogP contribution in [0, 0.1) is 6.92 Å². The lowest BCUT2D eigenvalue weighted by Crippen LogP contribution is -2.35. The van der Waals surface area contributed by atoms with E-state index in [4.69, 9.17) is 9.47 Å². The number of ether oxygens (including phenoxy) is 2. The Morgan fingerprint density at radius 1 is 1.15 bits per heavy atom. The van der Waals surface area contributed by atoms with Gasteiger partial charge in [-0.2, -0.15) is 0 Å². The smallest absolute Gasteiger partial charge is 0.126 e. The summed E-state index contributed by atoms with van der Waals surface area (Å²) in [5.74, 6) is 0.983. The molecule has 0 fully saturated rings. The molecular formula is C17H29NO2. The van der Waals surface area contributed by atoms with Crippen molar-refractivity contribution in [3.05, 3.63) is 29.3 Å². The highest BCUT2D eigenvalue weighted by atomic mass is 16.5. The molecule has 1 N–H and O–H groups in total. The first kappa shape index (κ1) is 17.0. The van der Waals surface area contributed by atoms with Crippen LogP contribution >= 0.6 is 0 Å². The SMILES string of the molecule is Cc1cccc(CNC(C)(C)C)c1OCCOC(C)C. The van der Waals surface area contributed by atoms with E-state index in [1.54, 1.807) is 0 Å². The van der Waals surface area contributed by atoms with Crippen LogP contribution in [0.15, 0.2) is 18.2 Å². The van der Waals surface area contributed by atoms with Gasteiger partial charge >= 0.3 is 0 Å². The van der Waals surface area contributed by atoms with Crippen molar-refractivity contribution >= 4 is 0 Å². The lowest BCUT2D eigenvalue weighted by molar-refractivity contribution is 0.0549. The molecule has 0 saturated carbocycles. The Balaban J connectivity index is 2.63. The predicted octanol–water partition coefficient (Wildman–Crippen LogP) is 3.69. The Hall–Kier alpha value is -1.06. The molecule has 0 unspecified atom stereocenters. The van der Waals surface area contributed by atoms with E-state index < -0.39 is 0 Å². The van der Waals surface area contributed by atoms with E-state index in [9.17, 15) is 0 Å². The van der Waals surface area contributed by atoms with E-state index >= 15 is 0 Å². The highest BCUT2D eigenvalue weighted by molar-refractivity contribution is 5.40. The van der Waals surface area contributed by atoms with Gasteiger partial charge in [-0.1, -0.05) is 18.2 Å². The summed E-state index contributed by atoms with van der Waals surface area (Å²) in [4.78, 5) is 0. The van der Waals surface area contributed by atoms with Gasteiger partial charge in [0.1, 0.15) is 12.4 Å². The van der Waals surface area contributed by atoms with Crippen LogP contribution in [-0.4, -0.2) is 24.9 Å². The normalized spacial score (nSPS) is 11.9. The average Bonchev–Trinajstić information content (AvgIpc) is 2.32. The van der Waals surface area contributed by atoms with Crippen molar-refractivity contribution in [2.45, 2.75) is 59.7 Å². The second-order valence-electron chi connectivity index (χ2n) is 6.43. The summed E-state index contributed by atoms with van der Waals surface area (Å²) in [6.45, 7) is 14.7. The zero-order valence-electron chi connectivity index (χ0n) is 13.7. The molecule has 0 radical (unpaired) electrons. The largest absolute Gasteiger partial charge is 0.491 e. The quantitative estimate of drug-likeness (QED) is 0.772. The van der Waals surface area contributed by atoms with Gasteiger partial charge in [0.15, 0.2) is 0 Å². The average molecular weight is 279 g/mol. The highest BCUT2D eigenvalue weighted by Crippen LogP contribution is 2.24. The molecule has 0 spiro atoms. The molecule has 0 aliphatic heterocycles. The number of para-hydroxylation sites is 1. The van der Waals surface area contributed by atoms with Crippen molar-refractivity contribution in [3.8, 4) is 5.75 Å². The molecule has 20 heavy (non-hydrogen) atoms. The van der Waals surface area contributed by atoms with Gasteiger partial charge in [0.2, 0.25) is 0 Å². The third kappa shape index (κ3) is 6.40. The lowest BCUT2D eigenvalue weighted by Gasteiger charge is -2.22. The van der Waals surface area contributed by atoms with E-state index in [1.807, 2.05) is 13.8 Å². The summed E-state index contributed by atoms with van der Waals surface area (Å²) in [5.41, 5.74) is 2.47. The molecule has 0 aromatic heterocycles. The third-order valence-corrected chi connectivity index (χ3v) is 2.88. The second kappa shape index (κ2) is 7.65. The molecule has 114 valence electrons. The molecular weight excluding hydrogens is 250 g/mol. The second-order valence-corrected chi connectivity index (χ2v) is 6.43. The number of rotatable bonds is 7. The maximum absolute atomic E-state index is 5.92. The lowest BCUT2D eigenvalue weighted by atomic mass is 10.1. The Morgan fingerprint density at radius 3 is 2.45 bits per heavy atom. The summed E-state index contributed by atoms with van der Waals surface area (Å²) in [7, 11) is 0. The Kier molecular flexibility index (Phi) is 6.50. The fourth-order valence-corrected chi connectivity index (χ4v) is 1.85. The first-order chi connectivity index (χ1) is 9.29. The van der Waals surface area contributed by atoms with Gasteiger partial charge in [0, 0.05) is 17.6 Å². The molecule has 0 heterocycles. The number of hydrogen-bond acceptors (Lipinski definition) is 3. The molecule has 0 atom stereocenters. The van der Waals surface area contributed by atoms with Gasteiger partial charge in [-0.15, -0.1) is 0 Å². The standard InChI is InChI=1S/C17H29NO2/c1-13(2)19-10-11-20-16-14(3)8-7-9-15(16)12-18-17(4,5)6/h7-9,13,18H,10-12H2,1-6H3. The van der Waals surface area contributed by atoms with Gasteiger partial charge in [0.05, 0.1) is 12.7 Å². The fraction of sp³-hybridized carbons (Fsp3) is 0.647. The zero-order valence-corrected chi connectivity index (χ0v) is 13.7. The Bertz CT molecular complexity index is 408. The van der Waals surface area contributed by atoms with E-state index in [1.165, 1.54) is 11.1 Å². The van der Waals surface area contributed by atoms with E-state index in [0.717, 1.165) is 12.3 Å². The van der Waals surface area contributed by atoms with Crippen LogP contribution in [0.4, 0.5) is 0 Å². The minimum absolute atomic E-state index is 0.0990. The molecule has 3 heteroatoms. The van der Waals surface area contributed by atoms with Crippen LogP contribution in [-0.2, 0) is 11.3 Å². The minimum Gasteiger partial charge on any atom is -0.491 e. The number of aryl methyl sites for hydroxylation is 1. The molecule has 3 nitrogen and oxygen atoms in total. The Morgan fingerprint density at radius 2 is 1.85 bits per heavy atom. The molecule has 0 amide bonds. The maximum atomic E-state index is 5.92. The third-order valence-electron chi connectivity index (χ3n) is 2.88. The van der Waals surface area contributed by atoms with Gasteiger partial charge < -0.3 is 14.8 Å². The number of nitrogens with one attached hydrogen (secondary N) is 1. The molecule has 1 rings (SSSR count). The number of benzene rings is 1. The first-order valence-electron chi connectivity index (χ1n) is 7.37. The monoisotopic (exact) mass is 279 g/mol. The fourth-order valence-electron chi connectivity index (χ4n) is 1.85. The van der Waals surface area contributed by atoms with Crippen molar-refractivity contribution in [1.29, 1.82) is 0 Å². The summed E-state index contributed by atoms with van der Waals surface area (Å²) in [5, 5.41) is 3.50. The van der Waals surface area contributed by atoms with Crippen LogP contribution in [0.2, 0.25) is 0 Å². The topological polar surface area (TPSA) is 30.5 Å².